The van der Waals surface area contributed by atoms with Gasteiger partial charge >= 0.3 is 5.97 Å². The van der Waals surface area contributed by atoms with E-state index in [0.717, 1.165) is 6.42 Å². The van der Waals surface area contributed by atoms with Crippen LogP contribution in [0.5, 0.6) is 0 Å². The van der Waals surface area contributed by atoms with E-state index in [-0.39, 0.29) is 12.8 Å². The molecule has 0 radical (unpaired) electrons. The van der Waals surface area contributed by atoms with Crippen molar-refractivity contribution >= 4 is 5.97 Å². The zero-order valence-electron chi connectivity index (χ0n) is 8.77. The van der Waals surface area contributed by atoms with Gasteiger partial charge in [0, 0.05) is 6.42 Å². The van der Waals surface area contributed by atoms with Gasteiger partial charge in [-0.25, -0.2) is 9.18 Å². The Morgan fingerprint density at radius 1 is 1.43 bits per heavy atom. The second-order valence-corrected chi connectivity index (χ2v) is 3.26. The van der Waals surface area contributed by atoms with E-state index in [1.165, 1.54) is 0 Å². The van der Waals surface area contributed by atoms with Gasteiger partial charge in [-0.2, -0.15) is 0 Å². The number of carbonyl (C=O) groups is 1. The van der Waals surface area contributed by atoms with E-state index in [2.05, 4.69) is 11.8 Å². The molecule has 0 fully saturated rings. The van der Waals surface area contributed by atoms with Crippen LogP contribution in [-0.2, 0) is 4.79 Å². The smallest absolute Gasteiger partial charge is 0.342 e. The van der Waals surface area contributed by atoms with E-state index in [1.807, 2.05) is 13.8 Å². The number of carboxylic acid groups (broad SMARTS) is 1. The summed E-state index contributed by atoms with van der Waals surface area (Å²) in [6.07, 6.45) is 1.85. The van der Waals surface area contributed by atoms with Gasteiger partial charge in [-0.15, -0.1) is 5.92 Å². The van der Waals surface area contributed by atoms with Crippen LogP contribution in [0, 0.1) is 11.8 Å². The lowest BCUT2D eigenvalue weighted by molar-refractivity contribution is -0.151. The summed E-state index contributed by atoms with van der Waals surface area (Å²) in [6, 6.07) is 0. The molecule has 0 saturated heterocycles. The lowest BCUT2D eigenvalue weighted by atomic mass is 9.95. The van der Waals surface area contributed by atoms with Crippen molar-refractivity contribution in [2.75, 3.05) is 0 Å². The molecule has 0 aliphatic heterocycles. The van der Waals surface area contributed by atoms with Crippen LogP contribution in [-0.4, -0.2) is 16.7 Å². The van der Waals surface area contributed by atoms with Gasteiger partial charge in [0.15, 0.2) is 0 Å². The summed E-state index contributed by atoms with van der Waals surface area (Å²) in [6.45, 7) is 3.75. The Morgan fingerprint density at radius 3 is 2.50 bits per heavy atom. The van der Waals surface area contributed by atoms with Crippen LogP contribution in [0.25, 0.3) is 0 Å². The number of hydrogen-bond donors (Lipinski definition) is 1. The Morgan fingerprint density at radius 2 is 2.07 bits per heavy atom. The lowest BCUT2D eigenvalue weighted by Gasteiger charge is -2.17. The van der Waals surface area contributed by atoms with Crippen LogP contribution in [0.1, 0.15) is 46.0 Å². The summed E-state index contributed by atoms with van der Waals surface area (Å²) >= 11 is 0. The molecule has 1 N–H and O–H groups in total. The molecule has 14 heavy (non-hydrogen) atoms. The van der Waals surface area contributed by atoms with Gasteiger partial charge in [0.25, 0.3) is 0 Å². The molecule has 0 aromatic carbocycles. The van der Waals surface area contributed by atoms with Gasteiger partial charge in [-0.3, -0.25) is 0 Å². The first-order valence-corrected chi connectivity index (χ1v) is 4.95. The normalized spacial score (nSPS) is 13.9. The zero-order valence-corrected chi connectivity index (χ0v) is 8.77. The van der Waals surface area contributed by atoms with Gasteiger partial charge in [0.2, 0.25) is 5.67 Å². The molecule has 0 aromatic rings. The molecular formula is C11H17FO2. The molecule has 0 aromatic heterocycles. The standard InChI is InChI=1S/C11H17FO2/c1-3-5-7-9-11(12,10(13)14)8-6-4-2/h3-4,6,8-9H2,1-2H3,(H,13,14). The molecule has 0 aliphatic rings. The Kier molecular flexibility index (Phi) is 5.94. The summed E-state index contributed by atoms with van der Waals surface area (Å²) in [5, 5.41) is 8.72. The van der Waals surface area contributed by atoms with Crippen LogP contribution in [0.2, 0.25) is 0 Å². The zero-order chi connectivity index (χ0) is 11.0. The molecule has 0 spiro atoms. The molecular weight excluding hydrogens is 183 g/mol. The minimum absolute atomic E-state index is 0.0528. The second-order valence-electron chi connectivity index (χ2n) is 3.26. The Hall–Kier alpha value is -1.04. The first-order chi connectivity index (χ1) is 6.56. The topological polar surface area (TPSA) is 37.3 Å². The number of rotatable bonds is 5. The first kappa shape index (κ1) is 13.0. The fourth-order valence-electron chi connectivity index (χ4n) is 1.06. The molecule has 0 rings (SSSR count). The Balaban J connectivity index is 4.31. The highest BCUT2D eigenvalue weighted by atomic mass is 19.1. The third-order valence-corrected chi connectivity index (χ3v) is 1.98. The first-order valence-electron chi connectivity index (χ1n) is 4.95. The molecule has 0 bridgehead atoms. The monoisotopic (exact) mass is 200 g/mol. The van der Waals surface area contributed by atoms with Crippen molar-refractivity contribution in [3.8, 4) is 11.8 Å². The van der Waals surface area contributed by atoms with Crippen molar-refractivity contribution in [2.45, 2.75) is 51.6 Å². The van der Waals surface area contributed by atoms with E-state index in [9.17, 15) is 9.18 Å². The van der Waals surface area contributed by atoms with Crippen molar-refractivity contribution < 1.29 is 14.3 Å². The largest absolute Gasteiger partial charge is 0.479 e. The quantitative estimate of drug-likeness (QED) is 0.693. The predicted molar refractivity (Wildman–Crippen MR) is 53.7 cm³/mol. The average Bonchev–Trinajstić information content (AvgIpc) is 2.15. The number of alkyl halides is 1. The number of halogens is 1. The van der Waals surface area contributed by atoms with Crippen molar-refractivity contribution in [1.82, 2.24) is 0 Å². The lowest BCUT2D eigenvalue weighted by Crippen LogP contribution is -2.33. The Bertz CT molecular complexity index is 239. The minimum atomic E-state index is -2.15. The second kappa shape index (κ2) is 6.42. The van der Waals surface area contributed by atoms with Crippen molar-refractivity contribution in [3.05, 3.63) is 0 Å². The third kappa shape index (κ3) is 4.27. The van der Waals surface area contributed by atoms with Crippen LogP contribution in [0.4, 0.5) is 4.39 Å². The van der Waals surface area contributed by atoms with Crippen LogP contribution in [0.15, 0.2) is 0 Å². The molecule has 0 saturated carbocycles. The molecule has 80 valence electrons. The van der Waals surface area contributed by atoms with Crippen LogP contribution < -0.4 is 0 Å². The SMILES string of the molecule is CCC#CCC(F)(CCCC)C(=O)O. The molecule has 0 aliphatic carbocycles. The number of aliphatic carboxylic acids is 1. The maximum absolute atomic E-state index is 13.7. The van der Waals surface area contributed by atoms with Crippen molar-refractivity contribution in [2.24, 2.45) is 0 Å². The van der Waals surface area contributed by atoms with E-state index in [4.69, 9.17) is 5.11 Å². The molecule has 0 amide bonds. The highest BCUT2D eigenvalue weighted by Crippen LogP contribution is 2.23. The Labute approximate surface area is 84.5 Å². The highest BCUT2D eigenvalue weighted by molar-refractivity contribution is 5.77. The van der Waals surface area contributed by atoms with Crippen molar-refractivity contribution in [1.29, 1.82) is 0 Å². The van der Waals surface area contributed by atoms with E-state index < -0.39 is 11.6 Å². The van der Waals surface area contributed by atoms with Gasteiger partial charge < -0.3 is 5.11 Å². The predicted octanol–water partition coefficient (Wildman–Crippen LogP) is 2.77. The van der Waals surface area contributed by atoms with Gasteiger partial charge in [0.05, 0.1) is 6.42 Å². The average molecular weight is 200 g/mol. The van der Waals surface area contributed by atoms with Gasteiger partial charge in [-0.05, 0) is 12.8 Å². The summed E-state index contributed by atoms with van der Waals surface area (Å²) in [7, 11) is 0. The minimum Gasteiger partial charge on any atom is -0.479 e. The summed E-state index contributed by atoms with van der Waals surface area (Å²) in [5.74, 6) is 3.85. The summed E-state index contributed by atoms with van der Waals surface area (Å²) < 4.78 is 13.7. The fraction of sp³-hybridized carbons (Fsp3) is 0.727. The van der Waals surface area contributed by atoms with Crippen molar-refractivity contribution in [3.63, 3.8) is 0 Å². The number of hydrogen-bond acceptors (Lipinski definition) is 1. The van der Waals surface area contributed by atoms with E-state index >= 15 is 0 Å². The maximum Gasteiger partial charge on any atom is 0.342 e. The van der Waals surface area contributed by atoms with E-state index in [1.54, 1.807) is 0 Å². The highest BCUT2D eigenvalue weighted by Gasteiger charge is 2.36. The van der Waals surface area contributed by atoms with Crippen LogP contribution >= 0.6 is 0 Å². The molecule has 1 unspecified atom stereocenters. The molecule has 0 heterocycles. The molecule has 1 atom stereocenters. The number of unbranched alkanes of at least 4 members (excludes halogenated alkanes) is 1. The van der Waals surface area contributed by atoms with Gasteiger partial charge in [0.1, 0.15) is 0 Å². The van der Waals surface area contributed by atoms with Crippen LogP contribution in [0.3, 0.4) is 0 Å². The molecule has 3 heteroatoms. The number of carboxylic acids is 1. The third-order valence-electron chi connectivity index (χ3n) is 1.98. The van der Waals surface area contributed by atoms with Gasteiger partial charge in [-0.1, -0.05) is 26.2 Å². The summed E-state index contributed by atoms with van der Waals surface area (Å²) in [5.41, 5.74) is -2.15. The van der Waals surface area contributed by atoms with E-state index in [0.29, 0.717) is 12.8 Å². The molecule has 2 nitrogen and oxygen atoms in total. The summed E-state index contributed by atoms with van der Waals surface area (Å²) in [4.78, 5) is 10.7. The maximum atomic E-state index is 13.7. The fourth-order valence-corrected chi connectivity index (χ4v) is 1.06.